The van der Waals surface area contributed by atoms with E-state index in [9.17, 15) is 9.59 Å². The average Bonchev–Trinajstić information content (AvgIpc) is 3.06. The number of nitrogens with zero attached hydrogens (tertiary/aromatic N) is 2. The van der Waals surface area contributed by atoms with Gasteiger partial charge in [0.1, 0.15) is 16.2 Å². The SMILES string of the molecule is COc1ccc2c(Cn3cnc4sccc4c3=O)cc(=O)oc2c1. The number of fused-ring (bicyclic) bond motifs is 2. The first-order valence-electron chi connectivity index (χ1n) is 7.19. The minimum atomic E-state index is -0.469. The summed E-state index contributed by atoms with van der Waals surface area (Å²) in [6.07, 6.45) is 1.51. The molecule has 1 aromatic carbocycles. The molecule has 0 saturated carbocycles. The van der Waals surface area contributed by atoms with Crippen LogP contribution in [0.4, 0.5) is 0 Å². The van der Waals surface area contributed by atoms with Gasteiger partial charge in [-0.1, -0.05) is 0 Å². The standard InChI is InChI=1S/C17H12N2O4S/c1-22-11-2-3-12-10(6-15(20)23-14(12)7-11)8-19-9-18-16-13(17(19)21)4-5-24-16/h2-7,9H,8H2,1H3. The summed E-state index contributed by atoms with van der Waals surface area (Å²) in [5, 5.41) is 3.17. The number of aromatic nitrogens is 2. The summed E-state index contributed by atoms with van der Waals surface area (Å²) in [4.78, 5) is 29.4. The fourth-order valence-electron chi connectivity index (χ4n) is 2.66. The molecule has 6 nitrogen and oxygen atoms in total. The minimum Gasteiger partial charge on any atom is -0.497 e. The molecule has 3 aromatic heterocycles. The zero-order valence-electron chi connectivity index (χ0n) is 12.7. The number of methoxy groups -OCH3 is 1. The Hall–Kier alpha value is -2.93. The molecule has 0 atom stereocenters. The number of thiophene rings is 1. The smallest absolute Gasteiger partial charge is 0.336 e. The highest BCUT2D eigenvalue weighted by atomic mass is 32.1. The van der Waals surface area contributed by atoms with Gasteiger partial charge in [0, 0.05) is 17.5 Å². The first-order chi connectivity index (χ1) is 11.7. The lowest BCUT2D eigenvalue weighted by Crippen LogP contribution is -2.21. The van der Waals surface area contributed by atoms with Crippen LogP contribution in [0, 0.1) is 0 Å². The molecule has 0 N–H and O–H groups in total. The molecule has 3 heterocycles. The lowest BCUT2D eigenvalue weighted by atomic mass is 10.1. The van der Waals surface area contributed by atoms with Gasteiger partial charge in [0.05, 0.1) is 25.4 Å². The maximum atomic E-state index is 12.5. The zero-order valence-corrected chi connectivity index (χ0v) is 13.5. The van der Waals surface area contributed by atoms with E-state index < -0.39 is 5.63 Å². The molecular weight excluding hydrogens is 328 g/mol. The van der Waals surface area contributed by atoms with E-state index >= 15 is 0 Å². The van der Waals surface area contributed by atoms with Gasteiger partial charge in [-0.2, -0.15) is 0 Å². The van der Waals surface area contributed by atoms with Crippen LogP contribution in [0.3, 0.4) is 0 Å². The lowest BCUT2D eigenvalue weighted by Gasteiger charge is -2.09. The van der Waals surface area contributed by atoms with Gasteiger partial charge in [0.2, 0.25) is 0 Å². The minimum absolute atomic E-state index is 0.129. The summed E-state index contributed by atoms with van der Waals surface area (Å²) in [5.74, 6) is 0.598. The molecule has 0 spiro atoms. The van der Waals surface area contributed by atoms with Gasteiger partial charge >= 0.3 is 5.63 Å². The fraction of sp³-hybridized carbons (Fsp3) is 0.118. The lowest BCUT2D eigenvalue weighted by molar-refractivity contribution is 0.414. The van der Waals surface area contributed by atoms with E-state index in [0.29, 0.717) is 27.1 Å². The van der Waals surface area contributed by atoms with Gasteiger partial charge in [-0.3, -0.25) is 9.36 Å². The van der Waals surface area contributed by atoms with E-state index in [1.807, 2.05) is 11.4 Å². The van der Waals surface area contributed by atoms with E-state index in [1.54, 1.807) is 25.3 Å². The molecule has 7 heteroatoms. The number of rotatable bonds is 3. The van der Waals surface area contributed by atoms with Gasteiger partial charge in [-0.25, -0.2) is 9.78 Å². The maximum Gasteiger partial charge on any atom is 0.336 e. The van der Waals surface area contributed by atoms with Crippen molar-refractivity contribution in [1.29, 1.82) is 0 Å². The highest BCUT2D eigenvalue weighted by Crippen LogP contribution is 2.23. The maximum absolute atomic E-state index is 12.5. The third kappa shape index (κ3) is 2.39. The largest absolute Gasteiger partial charge is 0.497 e. The van der Waals surface area contributed by atoms with Gasteiger partial charge in [0.25, 0.3) is 5.56 Å². The molecule has 0 saturated heterocycles. The first kappa shape index (κ1) is 14.6. The van der Waals surface area contributed by atoms with Crippen molar-refractivity contribution in [1.82, 2.24) is 9.55 Å². The Labute approximate surface area is 139 Å². The molecule has 24 heavy (non-hydrogen) atoms. The number of hydrogen-bond donors (Lipinski definition) is 0. The Bertz CT molecular complexity index is 1170. The van der Waals surface area contributed by atoms with Crippen LogP contribution in [0.25, 0.3) is 21.2 Å². The Morgan fingerprint density at radius 1 is 1.21 bits per heavy atom. The Kier molecular flexibility index (Phi) is 3.42. The fourth-order valence-corrected chi connectivity index (χ4v) is 3.38. The number of benzene rings is 1. The van der Waals surface area contributed by atoms with E-state index in [-0.39, 0.29) is 12.1 Å². The van der Waals surface area contributed by atoms with Crippen molar-refractivity contribution < 1.29 is 9.15 Å². The summed E-state index contributed by atoms with van der Waals surface area (Å²) in [6, 6.07) is 8.42. The van der Waals surface area contributed by atoms with Crippen molar-refractivity contribution in [2.24, 2.45) is 0 Å². The first-order valence-corrected chi connectivity index (χ1v) is 8.07. The second-order valence-electron chi connectivity index (χ2n) is 5.27. The van der Waals surface area contributed by atoms with Gasteiger partial charge in [-0.15, -0.1) is 11.3 Å². The average molecular weight is 340 g/mol. The van der Waals surface area contributed by atoms with Crippen LogP contribution in [0.15, 0.2) is 56.0 Å². The predicted molar refractivity (Wildman–Crippen MR) is 92.0 cm³/mol. The molecule has 0 aliphatic heterocycles. The van der Waals surface area contributed by atoms with Crippen molar-refractivity contribution in [2.75, 3.05) is 7.11 Å². The van der Waals surface area contributed by atoms with Crippen LogP contribution < -0.4 is 15.9 Å². The van der Waals surface area contributed by atoms with Crippen molar-refractivity contribution in [3.63, 3.8) is 0 Å². The van der Waals surface area contributed by atoms with E-state index in [1.165, 1.54) is 28.3 Å². The summed E-state index contributed by atoms with van der Waals surface area (Å²) in [7, 11) is 1.55. The monoisotopic (exact) mass is 340 g/mol. The molecule has 4 rings (SSSR count). The molecule has 4 aromatic rings. The second kappa shape index (κ2) is 5.61. The van der Waals surface area contributed by atoms with Crippen LogP contribution in [0.1, 0.15) is 5.56 Å². The van der Waals surface area contributed by atoms with Gasteiger partial charge in [-0.05, 0) is 29.1 Å². The Morgan fingerprint density at radius 2 is 2.08 bits per heavy atom. The molecule has 0 aliphatic rings. The van der Waals surface area contributed by atoms with Crippen LogP contribution in [-0.2, 0) is 6.54 Å². The summed E-state index contributed by atoms with van der Waals surface area (Å²) in [6.45, 7) is 0.242. The Balaban J connectivity index is 1.88. The second-order valence-corrected chi connectivity index (χ2v) is 6.16. The van der Waals surface area contributed by atoms with E-state index in [4.69, 9.17) is 9.15 Å². The van der Waals surface area contributed by atoms with Crippen molar-refractivity contribution in [3.05, 3.63) is 68.4 Å². The molecule has 0 unspecified atom stereocenters. The third-order valence-electron chi connectivity index (χ3n) is 3.83. The van der Waals surface area contributed by atoms with Crippen LogP contribution in [0.2, 0.25) is 0 Å². The zero-order chi connectivity index (χ0) is 16.7. The third-order valence-corrected chi connectivity index (χ3v) is 4.65. The van der Waals surface area contributed by atoms with Crippen molar-refractivity contribution >= 4 is 32.5 Å². The highest BCUT2D eigenvalue weighted by Gasteiger charge is 2.10. The van der Waals surface area contributed by atoms with E-state index in [0.717, 1.165) is 5.39 Å². The number of ether oxygens (including phenoxy) is 1. The molecule has 0 amide bonds. The summed E-state index contributed by atoms with van der Waals surface area (Å²) in [5.41, 5.74) is 0.524. The van der Waals surface area contributed by atoms with Crippen LogP contribution in [-0.4, -0.2) is 16.7 Å². The summed E-state index contributed by atoms with van der Waals surface area (Å²) < 4.78 is 11.9. The molecule has 120 valence electrons. The molecule has 0 bridgehead atoms. The highest BCUT2D eigenvalue weighted by molar-refractivity contribution is 7.16. The molecule has 0 radical (unpaired) electrons. The molecular formula is C17H12N2O4S. The summed E-state index contributed by atoms with van der Waals surface area (Å²) >= 11 is 1.42. The topological polar surface area (TPSA) is 74.3 Å². The normalized spacial score (nSPS) is 11.2. The quantitative estimate of drug-likeness (QED) is 0.536. The van der Waals surface area contributed by atoms with Crippen LogP contribution in [0.5, 0.6) is 5.75 Å². The molecule has 0 fully saturated rings. The van der Waals surface area contributed by atoms with Crippen LogP contribution >= 0.6 is 11.3 Å². The van der Waals surface area contributed by atoms with Gasteiger partial charge in [0.15, 0.2) is 0 Å². The van der Waals surface area contributed by atoms with E-state index in [2.05, 4.69) is 4.98 Å². The van der Waals surface area contributed by atoms with Gasteiger partial charge < -0.3 is 9.15 Å². The van der Waals surface area contributed by atoms with Crippen molar-refractivity contribution in [3.8, 4) is 5.75 Å². The Morgan fingerprint density at radius 3 is 2.92 bits per heavy atom. The predicted octanol–water partition coefficient (Wildman–Crippen LogP) is 2.62. The van der Waals surface area contributed by atoms with Crippen molar-refractivity contribution in [2.45, 2.75) is 6.54 Å². The number of hydrogen-bond acceptors (Lipinski definition) is 6. The molecule has 0 aliphatic carbocycles.